The Hall–Kier alpha value is -1.34. The molecule has 0 aromatic carbocycles. The average molecular weight is 311 g/mol. The molecule has 1 saturated carbocycles. The van der Waals surface area contributed by atoms with Crippen molar-refractivity contribution in [3.05, 3.63) is 18.0 Å². The van der Waals surface area contributed by atoms with Crippen molar-refractivity contribution in [2.75, 3.05) is 13.1 Å². The van der Waals surface area contributed by atoms with Crippen molar-refractivity contribution in [1.29, 1.82) is 0 Å². The number of likely N-dealkylation sites (tertiary alicyclic amines) is 1. The smallest absolute Gasteiger partial charge is 0.270 e. The molecule has 1 aliphatic heterocycles. The Morgan fingerprint density at radius 3 is 2.33 bits per heavy atom. The SMILES string of the molecule is NS(=O)(=O)c1c[nH]c(C(=O)N2CCC3(CCCC3)CC2)c1. The van der Waals surface area contributed by atoms with E-state index in [1.54, 1.807) is 0 Å². The van der Waals surface area contributed by atoms with Crippen LogP contribution in [0.4, 0.5) is 0 Å². The second kappa shape index (κ2) is 5.14. The number of H-pyrrole nitrogens is 1. The van der Waals surface area contributed by atoms with Crippen molar-refractivity contribution < 1.29 is 13.2 Å². The lowest BCUT2D eigenvalue weighted by Gasteiger charge is -2.39. The number of carbonyl (C=O) groups excluding carboxylic acids is 1. The van der Waals surface area contributed by atoms with E-state index < -0.39 is 10.0 Å². The second-order valence-corrected chi connectivity index (χ2v) is 7.85. The molecule has 2 aliphatic rings. The number of aromatic nitrogens is 1. The van der Waals surface area contributed by atoms with Gasteiger partial charge in [-0.05, 0) is 37.2 Å². The summed E-state index contributed by atoms with van der Waals surface area (Å²) in [5, 5.41) is 5.05. The average Bonchev–Trinajstić information content (AvgIpc) is 3.08. The molecule has 3 rings (SSSR count). The Morgan fingerprint density at radius 1 is 1.19 bits per heavy atom. The van der Waals surface area contributed by atoms with E-state index in [2.05, 4.69) is 4.98 Å². The topological polar surface area (TPSA) is 96.3 Å². The van der Waals surface area contributed by atoms with Gasteiger partial charge < -0.3 is 9.88 Å². The highest BCUT2D eigenvalue weighted by Crippen LogP contribution is 2.46. The maximum absolute atomic E-state index is 12.4. The van der Waals surface area contributed by atoms with Gasteiger partial charge in [0.1, 0.15) is 5.69 Å². The van der Waals surface area contributed by atoms with Crippen LogP contribution in [0, 0.1) is 5.41 Å². The van der Waals surface area contributed by atoms with Crippen LogP contribution in [0.1, 0.15) is 49.0 Å². The number of sulfonamides is 1. The molecular weight excluding hydrogens is 290 g/mol. The maximum Gasteiger partial charge on any atom is 0.270 e. The highest BCUT2D eigenvalue weighted by molar-refractivity contribution is 7.89. The number of rotatable bonds is 2. The quantitative estimate of drug-likeness (QED) is 0.865. The van der Waals surface area contributed by atoms with Gasteiger partial charge in [0.05, 0.1) is 4.90 Å². The summed E-state index contributed by atoms with van der Waals surface area (Å²) < 4.78 is 22.5. The van der Waals surface area contributed by atoms with Gasteiger partial charge in [0, 0.05) is 19.3 Å². The van der Waals surface area contributed by atoms with E-state index in [9.17, 15) is 13.2 Å². The van der Waals surface area contributed by atoms with Crippen molar-refractivity contribution in [2.45, 2.75) is 43.4 Å². The molecule has 116 valence electrons. The predicted molar refractivity (Wildman–Crippen MR) is 78.2 cm³/mol. The van der Waals surface area contributed by atoms with Crippen LogP contribution in [0.5, 0.6) is 0 Å². The second-order valence-electron chi connectivity index (χ2n) is 6.29. The molecular formula is C14H21N3O3S. The Kier molecular flexibility index (Phi) is 3.57. The zero-order valence-electron chi connectivity index (χ0n) is 12.0. The molecule has 6 nitrogen and oxygen atoms in total. The number of nitrogens with two attached hydrogens (primary N) is 1. The minimum atomic E-state index is -3.77. The molecule has 0 unspecified atom stereocenters. The van der Waals surface area contributed by atoms with Crippen LogP contribution in [0.15, 0.2) is 17.2 Å². The molecule has 1 amide bonds. The Morgan fingerprint density at radius 2 is 1.81 bits per heavy atom. The summed E-state index contributed by atoms with van der Waals surface area (Å²) in [7, 11) is -3.77. The minimum absolute atomic E-state index is 0.0462. The number of piperidine rings is 1. The summed E-state index contributed by atoms with van der Waals surface area (Å²) in [4.78, 5) is 16.9. The van der Waals surface area contributed by atoms with E-state index in [4.69, 9.17) is 5.14 Å². The fourth-order valence-corrected chi connectivity index (χ4v) is 4.15. The lowest BCUT2D eigenvalue weighted by atomic mass is 9.77. The number of primary sulfonamides is 1. The Bertz CT molecular complexity index is 634. The standard InChI is InChI=1S/C14H21N3O3S/c15-21(19,20)11-9-12(16-10-11)13(18)17-7-5-14(6-8-17)3-1-2-4-14/h9-10,16H,1-8H2,(H2,15,19,20). The maximum atomic E-state index is 12.4. The molecule has 3 N–H and O–H groups in total. The normalized spacial score (nSPS) is 21.9. The summed E-state index contributed by atoms with van der Waals surface area (Å²) in [6.07, 6.45) is 8.57. The number of carbonyl (C=O) groups is 1. The first kappa shape index (κ1) is 14.6. The van der Waals surface area contributed by atoms with Gasteiger partial charge in [-0.15, -0.1) is 0 Å². The van der Waals surface area contributed by atoms with E-state index in [1.165, 1.54) is 37.9 Å². The monoisotopic (exact) mass is 311 g/mol. The molecule has 1 aromatic rings. The van der Waals surface area contributed by atoms with E-state index in [0.29, 0.717) is 11.1 Å². The molecule has 21 heavy (non-hydrogen) atoms. The van der Waals surface area contributed by atoms with Gasteiger partial charge >= 0.3 is 0 Å². The van der Waals surface area contributed by atoms with Gasteiger partial charge in [0.25, 0.3) is 5.91 Å². The molecule has 1 aliphatic carbocycles. The molecule has 0 atom stereocenters. The van der Waals surface area contributed by atoms with Gasteiger partial charge in [0.2, 0.25) is 10.0 Å². The van der Waals surface area contributed by atoms with Gasteiger partial charge in [-0.2, -0.15) is 0 Å². The van der Waals surface area contributed by atoms with Crippen molar-refractivity contribution in [3.8, 4) is 0 Å². The van der Waals surface area contributed by atoms with Crippen LogP contribution in [0.25, 0.3) is 0 Å². The molecule has 1 saturated heterocycles. The number of aromatic amines is 1. The van der Waals surface area contributed by atoms with Crippen LogP contribution in [0.2, 0.25) is 0 Å². The van der Waals surface area contributed by atoms with Gasteiger partial charge in [0.15, 0.2) is 0 Å². The molecule has 0 bridgehead atoms. The van der Waals surface area contributed by atoms with Crippen molar-refractivity contribution in [3.63, 3.8) is 0 Å². The minimum Gasteiger partial charge on any atom is -0.356 e. The third-order valence-electron chi connectivity index (χ3n) is 4.99. The first-order chi connectivity index (χ1) is 9.90. The summed E-state index contributed by atoms with van der Waals surface area (Å²) in [5.74, 6) is -0.141. The predicted octanol–water partition coefficient (Wildman–Crippen LogP) is 1.46. The molecule has 7 heteroatoms. The van der Waals surface area contributed by atoms with Gasteiger partial charge in [-0.25, -0.2) is 13.6 Å². The lowest BCUT2D eigenvalue weighted by molar-refractivity contribution is 0.0582. The summed E-state index contributed by atoms with van der Waals surface area (Å²) in [6.45, 7) is 1.51. The fraction of sp³-hybridized carbons (Fsp3) is 0.643. The summed E-state index contributed by atoms with van der Waals surface area (Å²) in [5.41, 5.74) is 0.750. The zero-order chi connectivity index (χ0) is 15.1. The molecule has 0 radical (unpaired) electrons. The third kappa shape index (κ3) is 2.85. The van der Waals surface area contributed by atoms with E-state index in [0.717, 1.165) is 25.9 Å². The molecule has 2 fully saturated rings. The Labute approximate surface area is 124 Å². The first-order valence-corrected chi connectivity index (χ1v) is 8.95. The number of hydrogen-bond acceptors (Lipinski definition) is 3. The van der Waals surface area contributed by atoms with Crippen LogP contribution in [0.3, 0.4) is 0 Å². The largest absolute Gasteiger partial charge is 0.356 e. The van der Waals surface area contributed by atoms with Crippen LogP contribution >= 0.6 is 0 Å². The van der Waals surface area contributed by atoms with Gasteiger partial charge in [-0.1, -0.05) is 12.8 Å². The highest BCUT2D eigenvalue weighted by atomic mass is 32.2. The van der Waals surface area contributed by atoms with Gasteiger partial charge in [-0.3, -0.25) is 4.79 Å². The zero-order valence-corrected chi connectivity index (χ0v) is 12.8. The van der Waals surface area contributed by atoms with Crippen molar-refractivity contribution >= 4 is 15.9 Å². The lowest BCUT2D eigenvalue weighted by Crippen LogP contribution is -2.42. The van der Waals surface area contributed by atoms with Crippen molar-refractivity contribution in [2.24, 2.45) is 10.6 Å². The van der Waals surface area contributed by atoms with Crippen LogP contribution in [-0.2, 0) is 10.0 Å². The molecule has 2 heterocycles. The summed E-state index contributed by atoms with van der Waals surface area (Å²) >= 11 is 0. The Balaban J connectivity index is 1.68. The highest BCUT2D eigenvalue weighted by Gasteiger charge is 2.38. The van der Waals surface area contributed by atoms with Crippen molar-refractivity contribution in [1.82, 2.24) is 9.88 Å². The first-order valence-electron chi connectivity index (χ1n) is 7.40. The number of nitrogens with zero attached hydrogens (tertiary/aromatic N) is 1. The van der Waals surface area contributed by atoms with Crippen LogP contribution < -0.4 is 5.14 Å². The van der Waals surface area contributed by atoms with Crippen LogP contribution in [-0.4, -0.2) is 37.3 Å². The third-order valence-corrected chi connectivity index (χ3v) is 5.88. The van der Waals surface area contributed by atoms with E-state index in [-0.39, 0.29) is 10.8 Å². The molecule has 1 aromatic heterocycles. The van der Waals surface area contributed by atoms with E-state index >= 15 is 0 Å². The number of amides is 1. The molecule has 1 spiro atoms. The van der Waals surface area contributed by atoms with E-state index in [1.807, 2.05) is 4.90 Å². The number of nitrogens with one attached hydrogen (secondary N) is 1. The summed E-state index contributed by atoms with van der Waals surface area (Å²) in [6, 6.07) is 1.32. The fourth-order valence-electron chi connectivity index (χ4n) is 3.64. The number of hydrogen-bond donors (Lipinski definition) is 2.